The Hall–Kier alpha value is -3.82. The molecule has 0 aliphatic heterocycles. The van der Waals surface area contributed by atoms with Gasteiger partial charge in [0.1, 0.15) is 0 Å². The number of rotatable bonds is 4. The van der Waals surface area contributed by atoms with Gasteiger partial charge in [0, 0.05) is 5.56 Å². The van der Waals surface area contributed by atoms with Crippen LogP contribution in [0.25, 0.3) is 0 Å². The molecule has 27 heavy (non-hydrogen) atoms. The number of phenols is 6. The molecule has 0 atom stereocenters. The van der Waals surface area contributed by atoms with Crippen LogP contribution in [0.3, 0.4) is 0 Å². The fourth-order valence-corrected chi connectivity index (χ4v) is 2.11. The van der Waals surface area contributed by atoms with E-state index in [0.717, 1.165) is 18.2 Å². The second-order valence-electron chi connectivity index (χ2n) is 5.34. The van der Waals surface area contributed by atoms with Gasteiger partial charge in [-0.3, -0.25) is 0 Å². The highest BCUT2D eigenvalue weighted by Gasteiger charge is 2.20. The molecule has 2 rings (SSSR count). The van der Waals surface area contributed by atoms with E-state index in [1.54, 1.807) is 0 Å². The van der Waals surface area contributed by atoms with Crippen LogP contribution in [-0.4, -0.2) is 52.8 Å². The van der Waals surface area contributed by atoms with Crippen molar-refractivity contribution < 1.29 is 50.4 Å². The lowest BCUT2D eigenvalue weighted by atomic mass is 10.0. The van der Waals surface area contributed by atoms with E-state index in [0.29, 0.717) is 12.8 Å². The van der Waals surface area contributed by atoms with Crippen molar-refractivity contribution >= 4 is 11.9 Å². The lowest BCUT2D eigenvalue weighted by molar-refractivity contribution is 0.0684. The van der Waals surface area contributed by atoms with E-state index in [1.807, 2.05) is 6.92 Å². The minimum absolute atomic E-state index is 0.139. The minimum Gasteiger partial charge on any atom is -0.504 e. The maximum Gasteiger partial charge on any atom is 0.336 e. The molecule has 0 radical (unpaired) electrons. The Morgan fingerprint density at radius 1 is 0.741 bits per heavy atom. The molecular formula is C17H18O10. The van der Waals surface area contributed by atoms with E-state index in [4.69, 9.17) is 30.6 Å². The molecular weight excluding hydrogens is 364 g/mol. The van der Waals surface area contributed by atoms with Crippen molar-refractivity contribution in [3.8, 4) is 34.5 Å². The Labute approximate surface area is 152 Å². The normalized spacial score (nSPS) is 9.96. The maximum absolute atomic E-state index is 10.8. The number of aromatic hydroxyl groups is 6. The highest BCUT2D eigenvalue weighted by atomic mass is 16.4. The zero-order valence-electron chi connectivity index (χ0n) is 14.0. The van der Waals surface area contributed by atoms with Crippen LogP contribution in [-0.2, 0) is 6.42 Å². The number of hydrogen-bond donors (Lipinski definition) is 8. The first-order valence-corrected chi connectivity index (χ1v) is 7.49. The second kappa shape index (κ2) is 8.52. The highest BCUT2D eigenvalue weighted by molar-refractivity contribution is 5.91. The Bertz CT molecular complexity index is 849. The average molecular weight is 382 g/mol. The molecule has 10 nitrogen and oxygen atoms in total. The van der Waals surface area contributed by atoms with E-state index in [9.17, 15) is 19.8 Å². The smallest absolute Gasteiger partial charge is 0.336 e. The van der Waals surface area contributed by atoms with Crippen LogP contribution in [0, 0.1) is 0 Å². The summed E-state index contributed by atoms with van der Waals surface area (Å²) in [5.74, 6) is -6.45. The summed E-state index contributed by atoms with van der Waals surface area (Å²) >= 11 is 0. The minimum atomic E-state index is -1.29. The van der Waals surface area contributed by atoms with E-state index in [-0.39, 0.29) is 16.7 Å². The van der Waals surface area contributed by atoms with Gasteiger partial charge in [-0.05, 0) is 24.6 Å². The third-order valence-corrected chi connectivity index (χ3v) is 3.41. The molecule has 0 unspecified atom stereocenters. The fraction of sp³-hybridized carbons (Fsp3) is 0.176. The molecule has 0 heterocycles. The molecule has 0 aliphatic carbocycles. The van der Waals surface area contributed by atoms with Gasteiger partial charge in [-0.25, -0.2) is 9.59 Å². The fourth-order valence-electron chi connectivity index (χ4n) is 2.11. The first kappa shape index (κ1) is 21.2. The highest BCUT2D eigenvalue weighted by Crippen LogP contribution is 2.40. The molecule has 0 spiro atoms. The largest absolute Gasteiger partial charge is 0.504 e. The van der Waals surface area contributed by atoms with Crippen molar-refractivity contribution in [2.75, 3.05) is 0 Å². The quantitative estimate of drug-likeness (QED) is 0.362. The Kier molecular flexibility index (Phi) is 6.69. The first-order chi connectivity index (χ1) is 12.5. The summed E-state index contributed by atoms with van der Waals surface area (Å²) in [6.07, 6.45) is 0.944. The monoisotopic (exact) mass is 382 g/mol. The van der Waals surface area contributed by atoms with Crippen molar-refractivity contribution in [3.63, 3.8) is 0 Å². The SMILES string of the molecule is CCCc1c(C(=O)O)cc(O)c(O)c1O.O=C(O)c1cc(O)c(O)c(O)c1. The van der Waals surface area contributed by atoms with Gasteiger partial charge in [-0.1, -0.05) is 13.3 Å². The van der Waals surface area contributed by atoms with Gasteiger partial charge in [-0.2, -0.15) is 0 Å². The molecule has 2 aromatic rings. The topological polar surface area (TPSA) is 196 Å². The predicted molar refractivity (Wildman–Crippen MR) is 90.8 cm³/mol. The molecule has 146 valence electrons. The Balaban J connectivity index is 0.000000277. The predicted octanol–water partition coefficient (Wildman–Crippen LogP) is 1.96. The van der Waals surface area contributed by atoms with Gasteiger partial charge in [0.05, 0.1) is 11.1 Å². The number of phenolic OH excluding ortho intramolecular Hbond substituents is 6. The van der Waals surface area contributed by atoms with Gasteiger partial charge in [-0.15, -0.1) is 0 Å². The summed E-state index contributed by atoms with van der Waals surface area (Å²) in [6.45, 7) is 1.81. The zero-order chi connectivity index (χ0) is 20.9. The van der Waals surface area contributed by atoms with Crippen LogP contribution in [0.15, 0.2) is 18.2 Å². The number of carbonyl (C=O) groups is 2. The molecule has 2 aromatic carbocycles. The molecule has 0 aliphatic rings. The molecule has 0 bridgehead atoms. The van der Waals surface area contributed by atoms with Gasteiger partial charge in [0.25, 0.3) is 0 Å². The first-order valence-electron chi connectivity index (χ1n) is 7.49. The molecule has 0 fully saturated rings. The average Bonchev–Trinajstić information content (AvgIpc) is 2.59. The molecule has 0 saturated heterocycles. The van der Waals surface area contributed by atoms with Gasteiger partial charge < -0.3 is 40.9 Å². The van der Waals surface area contributed by atoms with Crippen molar-refractivity contribution in [2.24, 2.45) is 0 Å². The summed E-state index contributed by atoms with van der Waals surface area (Å²) in [7, 11) is 0. The van der Waals surface area contributed by atoms with E-state index >= 15 is 0 Å². The van der Waals surface area contributed by atoms with Gasteiger partial charge in [0.15, 0.2) is 28.7 Å². The number of carboxylic acids is 2. The summed E-state index contributed by atoms with van der Waals surface area (Å²) in [6, 6.07) is 2.62. The van der Waals surface area contributed by atoms with Crippen molar-refractivity contribution in [3.05, 3.63) is 34.9 Å². The summed E-state index contributed by atoms with van der Waals surface area (Å²) in [5, 5.41) is 71.6. The molecule has 10 heteroatoms. The van der Waals surface area contributed by atoms with Crippen LogP contribution in [0.4, 0.5) is 0 Å². The van der Waals surface area contributed by atoms with Gasteiger partial charge in [0.2, 0.25) is 5.75 Å². The maximum atomic E-state index is 10.8. The van der Waals surface area contributed by atoms with Gasteiger partial charge >= 0.3 is 11.9 Å². The van der Waals surface area contributed by atoms with E-state index in [1.165, 1.54) is 0 Å². The third-order valence-electron chi connectivity index (χ3n) is 3.41. The lowest BCUT2D eigenvalue weighted by Crippen LogP contribution is -2.02. The molecule has 0 saturated carbocycles. The third kappa shape index (κ3) is 4.84. The van der Waals surface area contributed by atoms with E-state index in [2.05, 4.69) is 0 Å². The Morgan fingerprint density at radius 3 is 1.63 bits per heavy atom. The second-order valence-corrected chi connectivity index (χ2v) is 5.34. The lowest BCUT2D eigenvalue weighted by Gasteiger charge is -2.10. The van der Waals surface area contributed by atoms with Crippen LogP contribution < -0.4 is 0 Å². The summed E-state index contributed by atoms with van der Waals surface area (Å²) in [5.41, 5.74) is -0.340. The summed E-state index contributed by atoms with van der Waals surface area (Å²) in [4.78, 5) is 21.1. The summed E-state index contributed by atoms with van der Waals surface area (Å²) < 4.78 is 0. The number of aromatic carboxylic acids is 2. The van der Waals surface area contributed by atoms with Crippen molar-refractivity contribution in [1.82, 2.24) is 0 Å². The van der Waals surface area contributed by atoms with Crippen LogP contribution in [0.2, 0.25) is 0 Å². The molecule has 0 aromatic heterocycles. The van der Waals surface area contributed by atoms with Crippen LogP contribution in [0.5, 0.6) is 34.5 Å². The van der Waals surface area contributed by atoms with Crippen molar-refractivity contribution in [2.45, 2.75) is 19.8 Å². The molecule has 0 amide bonds. The van der Waals surface area contributed by atoms with Crippen molar-refractivity contribution in [1.29, 1.82) is 0 Å². The van der Waals surface area contributed by atoms with Crippen LogP contribution >= 0.6 is 0 Å². The molecule has 8 N–H and O–H groups in total. The standard InChI is InChI=1S/C10H12O5.C7H6O5/c1-2-3-5-6(10(14)15)4-7(11)9(13)8(5)12;8-4-1-3(7(11)12)2-5(9)6(4)10/h4,11-13H,2-3H2,1H3,(H,14,15);1-2,8-10H,(H,11,12). The number of benzene rings is 2. The number of hydrogen-bond acceptors (Lipinski definition) is 8. The van der Waals surface area contributed by atoms with Crippen LogP contribution in [0.1, 0.15) is 39.6 Å². The van der Waals surface area contributed by atoms with E-state index < -0.39 is 46.4 Å². The number of carboxylic acid groups (broad SMARTS) is 2. The Morgan fingerprint density at radius 2 is 1.22 bits per heavy atom. The zero-order valence-corrected chi connectivity index (χ0v) is 14.0.